The molecule has 108 valence electrons. The number of nitrogens with one attached hydrogen (secondary N) is 1. The minimum atomic E-state index is -1.05. The number of hydrogen-bond donors (Lipinski definition) is 3. The summed E-state index contributed by atoms with van der Waals surface area (Å²) in [6.45, 7) is 0. The van der Waals surface area contributed by atoms with E-state index in [0.29, 0.717) is 0 Å². The number of aliphatic carboxylic acids is 1. The Hall–Kier alpha value is -2.11. The van der Waals surface area contributed by atoms with Crippen LogP contribution in [0.5, 0.6) is 0 Å². The molecule has 1 atom stereocenters. The van der Waals surface area contributed by atoms with Crippen LogP contribution in [0.4, 0.5) is 10.1 Å². The van der Waals surface area contributed by atoms with E-state index in [2.05, 4.69) is 5.32 Å². The molecule has 0 bridgehead atoms. The van der Waals surface area contributed by atoms with E-state index in [4.69, 9.17) is 5.73 Å². The van der Waals surface area contributed by atoms with E-state index in [1.165, 1.54) is 6.07 Å². The summed E-state index contributed by atoms with van der Waals surface area (Å²) in [6, 6.07) is 2.50. The third-order valence-corrected chi connectivity index (χ3v) is 3.68. The van der Waals surface area contributed by atoms with Gasteiger partial charge in [0.2, 0.25) is 0 Å². The lowest BCUT2D eigenvalue weighted by Gasteiger charge is -2.21. The molecular weight excluding hydrogens is 263 g/mol. The van der Waals surface area contributed by atoms with Crippen molar-refractivity contribution in [2.24, 2.45) is 5.92 Å². The van der Waals surface area contributed by atoms with Gasteiger partial charge in [0, 0.05) is 5.69 Å². The van der Waals surface area contributed by atoms with Gasteiger partial charge in [0.15, 0.2) is 0 Å². The van der Waals surface area contributed by atoms with Crippen LogP contribution in [0, 0.1) is 11.7 Å². The molecule has 20 heavy (non-hydrogen) atoms. The molecule has 1 aliphatic carbocycles. The van der Waals surface area contributed by atoms with E-state index < -0.39 is 23.7 Å². The first-order valence-electron chi connectivity index (χ1n) is 6.57. The summed E-state index contributed by atoms with van der Waals surface area (Å²) < 4.78 is 12.9. The Balaban J connectivity index is 2.13. The van der Waals surface area contributed by atoms with Gasteiger partial charge in [-0.05, 0) is 37.0 Å². The fourth-order valence-corrected chi connectivity index (χ4v) is 2.63. The monoisotopic (exact) mass is 280 g/mol. The maximum absolute atomic E-state index is 12.9. The second kappa shape index (κ2) is 5.90. The molecule has 0 aliphatic heterocycles. The van der Waals surface area contributed by atoms with Crippen molar-refractivity contribution in [1.82, 2.24) is 5.32 Å². The molecular formula is C14H17FN2O3. The van der Waals surface area contributed by atoms with Crippen molar-refractivity contribution in [3.63, 3.8) is 0 Å². The second-order valence-corrected chi connectivity index (χ2v) is 5.07. The molecule has 2 rings (SSSR count). The lowest BCUT2D eigenvalue weighted by atomic mass is 9.97. The topological polar surface area (TPSA) is 92.4 Å². The molecule has 0 saturated heterocycles. The van der Waals surface area contributed by atoms with E-state index in [1.807, 2.05) is 0 Å². The van der Waals surface area contributed by atoms with E-state index in [9.17, 15) is 19.1 Å². The Labute approximate surface area is 116 Å². The number of carboxylic acid groups (broad SMARTS) is 1. The van der Waals surface area contributed by atoms with Gasteiger partial charge in [0.05, 0.1) is 5.56 Å². The van der Waals surface area contributed by atoms with Crippen molar-refractivity contribution in [3.05, 3.63) is 29.6 Å². The fourth-order valence-electron chi connectivity index (χ4n) is 2.63. The molecule has 1 saturated carbocycles. The number of halogens is 1. The number of benzene rings is 1. The molecule has 1 fully saturated rings. The van der Waals surface area contributed by atoms with Crippen LogP contribution in [0.15, 0.2) is 18.2 Å². The highest BCUT2D eigenvalue weighted by atomic mass is 19.1. The van der Waals surface area contributed by atoms with Crippen LogP contribution in [-0.4, -0.2) is 23.0 Å². The highest BCUT2D eigenvalue weighted by molar-refractivity contribution is 6.00. The number of carbonyl (C=O) groups excluding carboxylic acids is 1. The maximum Gasteiger partial charge on any atom is 0.326 e. The lowest BCUT2D eigenvalue weighted by Crippen LogP contribution is -2.45. The smallest absolute Gasteiger partial charge is 0.326 e. The molecule has 0 aromatic heterocycles. The Morgan fingerprint density at radius 2 is 2.00 bits per heavy atom. The van der Waals surface area contributed by atoms with Crippen LogP contribution >= 0.6 is 0 Å². The SMILES string of the molecule is Nc1cc(F)ccc1C(=O)N[C@H](C(=O)O)C1CCCC1. The predicted molar refractivity (Wildman–Crippen MR) is 71.7 cm³/mol. The quantitative estimate of drug-likeness (QED) is 0.733. The molecule has 4 N–H and O–H groups in total. The van der Waals surface area contributed by atoms with Crippen molar-refractivity contribution >= 4 is 17.6 Å². The van der Waals surface area contributed by atoms with Gasteiger partial charge in [0.25, 0.3) is 5.91 Å². The number of amides is 1. The molecule has 1 aromatic carbocycles. The van der Waals surface area contributed by atoms with Gasteiger partial charge in [-0.15, -0.1) is 0 Å². The summed E-state index contributed by atoms with van der Waals surface area (Å²) in [7, 11) is 0. The van der Waals surface area contributed by atoms with E-state index in [-0.39, 0.29) is 17.2 Å². The van der Waals surface area contributed by atoms with Gasteiger partial charge in [-0.25, -0.2) is 9.18 Å². The molecule has 0 radical (unpaired) electrons. The number of carbonyl (C=O) groups is 2. The molecule has 5 nitrogen and oxygen atoms in total. The molecule has 0 unspecified atom stereocenters. The first kappa shape index (κ1) is 14.3. The summed E-state index contributed by atoms with van der Waals surface area (Å²) in [5, 5.41) is 11.7. The zero-order valence-electron chi connectivity index (χ0n) is 10.9. The number of nitrogens with two attached hydrogens (primary N) is 1. The highest BCUT2D eigenvalue weighted by Gasteiger charge is 2.32. The van der Waals surface area contributed by atoms with E-state index >= 15 is 0 Å². The zero-order chi connectivity index (χ0) is 14.7. The van der Waals surface area contributed by atoms with Crippen LogP contribution in [0.1, 0.15) is 36.0 Å². The molecule has 6 heteroatoms. The van der Waals surface area contributed by atoms with Crippen LogP contribution in [-0.2, 0) is 4.79 Å². The number of hydrogen-bond acceptors (Lipinski definition) is 3. The van der Waals surface area contributed by atoms with Gasteiger partial charge in [-0.1, -0.05) is 12.8 Å². The third kappa shape index (κ3) is 3.07. The number of rotatable bonds is 4. The summed E-state index contributed by atoms with van der Waals surface area (Å²) in [6.07, 6.45) is 3.53. The van der Waals surface area contributed by atoms with Crippen LogP contribution in [0.2, 0.25) is 0 Å². The Bertz CT molecular complexity index is 527. The van der Waals surface area contributed by atoms with Gasteiger partial charge in [-0.3, -0.25) is 4.79 Å². The molecule has 0 spiro atoms. The van der Waals surface area contributed by atoms with Crippen molar-refractivity contribution < 1.29 is 19.1 Å². The Kier molecular flexibility index (Phi) is 4.22. The summed E-state index contributed by atoms with van der Waals surface area (Å²) in [5.74, 6) is -2.23. The highest BCUT2D eigenvalue weighted by Crippen LogP contribution is 2.28. The number of nitrogen functional groups attached to an aromatic ring is 1. The van der Waals surface area contributed by atoms with Crippen LogP contribution < -0.4 is 11.1 Å². The van der Waals surface area contributed by atoms with Gasteiger partial charge >= 0.3 is 5.97 Å². The maximum atomic E-state index is 12.9. The van der Waals surface area contributed by atoms with Crippen molar-refractivity contribution in [1.29, 1.82) is 0 Å². The summed E-state index contributed by atoms with van der Waals surface area (Å²) in [4.78, 5) is 23.4. The predicted octanol–water partition coefficient (Wildman–Crippen LogP) is 1.78. The Morgan fingerprint density at radius 1 is 1.35 bits per heavy atom. The largest absolute Gasteiger partial charge is 0.480 e. The third-order valence-electron chi connectivity index (χ3n) is 3.68. The van der Waals surface area contributed by atoms with Crippen LogP contribution in [0.3, 0.4) is 0 Å². The van der Waals surface area contributed by atoms with Crippen molar-refractivity contribution in [3.8, 4) is 0 Å². The summed E-state index contributed by atoms with van der Waals surface area (Å²) >= 11 is 0. The first-order valence-corrected chi connectivity index (χ1v) is 6.57. The summed E-state index contributed by atoms with van der Waals surface area (Å²) in [5.41, 5.74) is 5.67. The van der Waals surface area contributed by atoms with Gasteiger partial charge in [-0.2, -0.15) is 0 Å². The zero-order valence-corrected chi connectivity index (χ0v) is 10.9. The van der Waals surface area contributed by atoms with E-state index in [1.54, 1.807) is 0 Å². The van der Waals surface area contributed by atoms with Gasteiger partial charge in [0.1, 0.15) is 11.9 Å². The van der Waals surface area contributed by atoms with Crippen molar-refractivity contribution in [2.45, 2.75) is 31.7 Å². The first-order chi connectivity index (χ1) is 9.49. The lowest BCUT2D eigenvalue weighted by molar-refractivity contribution is -0.140. The standard InChI is InChI=1S/C14H17FN2O3/c15-9-5-6-10(11(16)7-9)13(18)17-12(14(19)20)8-3-1-2-4-8/h5-8,12H,1-4,16H2,(H,17,18)(H,19,20)/t12-/m0/s1. The van der Waals surface area contributed by atoms with Crippen LogP contribution in [0.25, 0.3) is 0 Å². The molecule has 0 heterocycles. The minimum Gasteiger partial charge on any atom is -0.480 e. The fraction of sp³-hybridized carbons (Fsp3) is 0.429. The number of anilines is 1. The van der Waals surface area contributed by atoms with Gasteiger partial charge < -0.3 is 16.2 Å². The molecule has 1 amide bonds. The van der Waals surface area contributed by atoms with E-state index in [0.717, 1.165) is 37.8 Å². The normalized spacial score (nSPS) is 16.9. The Morgan fingerprint density at radius 3 is 2.55 bits per heavy atom. The van der Waals surface area contributed by atoms with Crippen molar-refractivity contribution in [2.75, 3.05) is 5.73 Å². The molecule has 1 aromatic rings. The number of carboxylic acids is 1. The second-order valence-electron chi connectivity index (χ2n) is 5.07. The average molecular weight is 280 g/mol. The molecule has 1 aliphatic rings. The average Bonchev–Trinajstić information content (AvgIpc) is 2.88. The minimum absolute atomic E-state index is 0.00180.